The number of benzene rings is 1. The van der Waals surface area contributed by atoms with Gasteiger partial charge >= 0.3 is 5.97 Å². The first-order valence-electron chi connectivity index (χ1n) is 6.67. The van der Waals surface area contributed by atoms with Crippen molar-refractivity contribution in [1.29, 1.82) is 0 Å². The molecule has 1 unspecified atom stereocenters. The van der Waals surface area contributed by atoms with Gasteiger partial charge in [0.25, 0.3) is 0 Å². The highest BCUT2D eigenvalue weighted by Gasteiger charge is 2.16. The maximum atomic E-state index is 11.4. The minimum atomic E-state index is -0.332. The van der Waals surface area contributed by atoms with Gasteiger partial charge in [-0.15, -0.1) is 0 Å². The second kappa shape index (κ2) is 9.34. The highest BCUT2D eigenvalue weighted by Crippen LogP contribution is 2.13. The molecule has 0 spiro atoms. The number of carbonyl (C=O) groups is 1. The first-order valence-corrected chi connectivity index (χ1v) is 6.67. The predicted molar refractivity (Wildman–Crippen MR) is 77.0 cm³/mol. The topological polar surface area (TPSA) is 56.8 Å². The van der Waals surface area contributed by atoms with Crippen molar-refractivity contribution in [2.24, 2.45) is 0 Å². The first-order chi connectivity index (χ1) is 9.71. The van der Waals surface area contributed by atoms with Gasteiger partial charge < -0.3 is 19.5 Å². The molecule has 0 aliphatic heterocycles. The van der Waals surface area contributed by atoms with E-state index in [9.17, 15) is 4.79 Å². The van der Waals surface area contributed by atoms with Crippen molar-refractivity contribution in [2.75, 3.05) is 34.5 Å². The molecule has 0 heterocycles. The highest BCUT2D eigenvalue weighted by molar-refractivity contribution is 5.75. The molecule has 1 aromatic carbocycles. The lowest BCUT2D eigenvalue weighted by molar-refractivity contribution is -0.143. The summed E-state index contributed by atoms with van der Waals surface area (Å²) in [5, 5.41) is 2.90. The van der Waals surface area contributed by atoms with E-state index >= 15 is 0 Å². The molecule has 0 fully saturated rings. The van der Waals surface area contributed by atoms with Crippen LogP contribution in [-0.2, 0) is 20.7 Å². The standard InChI is InChI=1S/C15H23NO4/c1-16-14(15(17)19-3)9-11-20-13-6-4-12(5-7-13)8-10-18-2/h4-7,14,16H,8-11H2,1-3H3. The van der Waals surface area contributed by atoms with Gasteiger partial charge in [0.2, 0.25) is 0 Å². The molecule has 0 saturated carbocycles. The number of esters is 1. The smallest absolute Gasteiger partial charge is 0.322 e. The average molecular weight is 281 g/mol. The summed E-state index contributed by atoms with van der Waals surface area (Å²) >= 11 is 0. The van der Waals surface area contributed by atoms with E-state index in [1.54, 1.807) is 14.2 Å². The molecular formula is C15H23NO4. The van der Waals surface area contributed by atoms with E-state index in [2.05, 4.69) is 5.32 Å². The van der Waals surface area contributed by atoms with Crippen LogP contribution in [0.15, 0.2) is 24.3 Å². The van der Waals surface area contributed by atoms with Crippen LogP contribution in [0, 0.1) is 0 Å². The maximum absolute atomic E-state index is 11.4. The van der Waals surface area contributed by atoms with E-state index in [4.69, 9.17) is 14.2 Å². The van der Waals surface area contributed by atoms with E-state index in [0.717, 1.165) is 12.2 Å². The molecule has 0 aliphatic rings. The van der Waals surface area contributed by atoms with Crippen molar-refractivity contribution >= 4 is 5.97 Å². The number of hydrogen-bond acceptors (Lipinski definition) is 5. The Hall–Kier alpha value is -1.59. The Labute approximate surface area is 120 Å². The zero-order valence-corrected chi connectivity index (χ0v) is 12.3. The van der Waals surface area contributed by atoms with Crippen molar-refractivity contribution in [2.45, 2.75) is 18.9 Å². The first kappa shape index (κ1) is 16.5. The summed E-state index contributed by atoms with van der Waals surface area (Å²) in [6.07, 6.45) is 1.45. The number of hydrogen-bond donors (Lipinski definition) is 1. The number of nitrogens with one attached hydrogen (secondary N) is 1. The van der Waals surface area contributed by atoms with Crippen molar-refractivity contribution in [3.63, 3.8) is 0 Å². The molecule has 112 valence electrons. The third kappa shape index (κ3) is 5.59. The van der Waals surface area contributed by atoms with Gasteiger partial charge in [-0.3, -0.25) is 4.79 Å². The summed E-state index contributed by atoms with van der Waals surface area (Å²) in [6, 6.07) is 7.56. The van der Waals surface area contributed by atoms with E-state index in [1.165, 1.54) is 12.7 Å². The summed E-state index contributed by atoms with van der Waals surface area (Å²) < 4.78 is 15.3. The van der Waals surface area contributed by atoms with Gasteiger partial charge in [0, 0.05) is 13.5 Å². The molecule has 1 aromatic rings. The molecule has 0 saturated heterocycles. The van der Waals surface area contributed by atoms with Gasteiger partial charge in [0.1, 0.15) is 11.8 Å². The van der Waals surface area contributed by atoms with Crippen LogP contribution in [0.1, 0.15) is 12.0 Å². The van der Waals surface area contributed by atoms with E-state index in [-0.39, 0.29) is 12.0 Å². The molecule has 0 bridgehead atoms. The van der Waals surface area contributed by atoms with Crippen molar-refractivity contribution in [3.05, 3.63) is 29.8 Å². The maximum Gasteiger partial charge on any atom is 0.322 e. The number of ether oxygens (including phenoxy) is 3. The number of likely N-dealkylation sites (N-methyl/N-ethyl adjacent to an activating group) is 1. The molecular weight excluding hydrogens is 258 g/mol. The molecule has 0 aliphatic carbocycles. The molecule has 5 heteroatoms. The molecule has 5 nitrogen and oxygen atoms in total. The summed E-state index contributed by atoms with van der Waals surface area (Å²) in [7, 11) is 4.80. The number of rotatable bonds is 9. The molecule has 20 heavy (non-hydrogen) atoms. The number of carbonyl (C=O) groups excluding carboxylic acids is 1. The lowest BCUT2D eigenvalue weighted by Gasteiger charge is -2.14. The summed E-state index contributed by atoms with van der Waals surface area (Å²) in [6.45, 7) is 1.17. The summed E-state index contributed by atoms with van der Waals surface area (Å²) in [5.74, 6) is 0.525. The fourth-order valence-electron chi connectivity index (χ4n) is 1.79. The molecule has 0 amide bonds. The normalized spacial score (nSPS) is 11.9. The number of methoxy groups -OCH3 is 2. The Morgan fingerprint density at radius 2 is 1.90 bits per heavy atom. The Balaban J connectivity index is 2.36. The van der Waals surface area contributed by atoms with Crippen molar-refractivity contribution < 1.29 is 19.0 Å². The molecule has 1 atom stereocenters. The molecule has 1 rings (SSSR count). The van der Waals surface area contributed by atoms with Gasteiger partial charge in [-0.05, 0) is 31.2 Å². The minimum absolute atomic E-state index is 0.272. The summed E-state index contributed by atoms with van der Waals surface area (Å²) in [4.78, 5) is 11.4. The second-order valence-corrected chi connectivity index (χ2v) is 4.39. The Kier molecular flexibility index (Phi) is 7.69. The van der Waals surface area contributed by atoms with Crippen LogP contribution >= 0.6 is 0 Å². The largest absolute Gasteiger partial charge is 0.494 e. The Morgan fingerprint density at radius 1 is 1.20 bits per heavy atom. The minimum Gasteiger partial charge on any atom is -0.494 e. The van der Waals surface area contributed by atoms with Crippen LogP contribution in [0.4, 0.5) is 0 Å². The lowest BCUT2D eigenvalue weighted by Crippen LogP contribution is -2.36. The SMILES string of the molecule is CNC(CCOc1ccc(CCOC)cc1)C(=O)OC. The highest BCUT2D eigenvalue weighted by atomic mass is 16.5. The van der Waals surface area contributed by atoms with Crippen molar-refractivity contribution in [1.82, 2.24) is 5.32 Å². The van der Waals surface area contributed by atoms with Crippen molar-refractivity contribution in [3.8, 4) is 5.75 Å². The average Bonchev–Trinajstić information content (AvgIpc) is 2.50. The Bertz CT molecular complexity index is 391. The fraction of sp³-hybridized carbons (Fsp3) is 0.533. The fourth-order valence-corrected chi connectivity index (χ4v) is 1.79. The zero-order valence-electron chi connectivity index (χ0n) is 12.3. The van der Waals surface area contributed by atoms with Gasteiger partial charge in [-0.25, -0.2) is 0 Å². The quantitative estimate of drug-likeness (QED) is 0.694. The van der Waals surface area contributed by atoms with Gasteiger partial charge in [0.05, 0.1) is 20.3 Å². The van der Waals surface area contributed by atoms with E-state index < -0.39 is 0 Å². The third-order valence-corrected chi connectivity index (χ3v) is 3.03. The Morgan fingerprint density at radius 3 is 2.45 bits per heavy atom. The van der Waals surface area contributed by atoms with Gasteiger partial charge in [-0.1, -0.05) is 12.1 Å². The van der Waals surface area contributed by atoms with Crippen LogP contribution in [0.25, 0.3) is 0 Å². The summed E-state index contributed by atoms with van der Waals surface area (Å²) in [5.41, 5.74) is 1.21. The predicted octanol–water partition coefficient (Wildman–Crippen LogP) is 1.41. The zero-order chi connectivity index (χ0) is 14.8. The van der Waals surface area contributed by atoms with Crippen LogP contribution in [0.3, 0.4) is 0 Å². The van der Waals surface area contributed by atoms with Crippen LogP contribution < -0.4 is 10.1 Å². The second-order valence-electron chi connectivity index (χ2n) is 4.39. The van der Waals surface area contributed by atoms with Crippen LogP contribution in [-0.4, -0.2) is 46.5 Å². The van der Waals surface area contributed by atoms with Crippen LogP contribution in [0.5, 0.6) is 5.75 Å². The van der Waals surface area contributed by atoms with Gasteiger partial charge in [-0.2, -0.15) is 0 Å². The monoisotopic (exact) mass is 281 g/mol. The molecule has 0 radical (unpaired) electrons. The van der Waals surface area contributed by atoms with Gasteiger partial charge in [0.15, 0.2) is 0 Å². The van der Waals surface area contributed by atoms with E-state index in [1.807, 2.05) is 24.3 Å². The third-order valence-electron chi connectivity index (χ3n) is 3.03. The van der Waals surface area contributed by atoms with E-state index in [0.29, 0.717) is 19.6 Å². The lowest BCUT2D eigenvalue weighted by atomic mass is 10.1. The molecule has 0 aromatic heterocycles. The molecule has 1 N–H and O–H groups in total. The van der Waals surface area contributed by atoms with Crippen LogP contribution in [0.2, 0.25) is 0 Å².